The van der Waals surface area contributed by atoms with Gasteiger partial charge in [0.2, 0.25) is 11.8 Å². The highest BCUT2D eigenvalue weighted by Crippen LogP contribution is 2.33. The maximum absolute atomic E-state index is 13.1. The van der Waals surface area contributed by atoms with Crippen molar-refractivity contribution in [2.24, 2.45) is 0 Å². The zero-order valence-corrected chi connectivity index (χ0v) is 21.6. The summed E-state index contributed by atoms with van der Waals surface area (Å²) in [5, 5.41) is 10.1. The minimum Gasteiger partial charge on any atom is -0.493 e. The van der Waals surface area contributed by atoms with Gasteiger partial charge in [-0.25, -0.2) is 0 Å². The lowest BCUT2D eigenvalue weighted by atomic mass is 10.0. The Morgan fingerprint density at radius 1 is 0.892 bits per heavy atom. The van der Waals surface area contributed by atoms with E-state index in [0.717, 1.165) is 50.0 Å². The predicted octanol–water partition coefficient (Wildman–Crippen LogP) is 3.64. The van der Waals surface area contributed by atoms with Crippen LogP contribution in [0, 0.1) is 0 Å². The van der Waals surface area contributed by atoms with E-state index >= 15 is 0 Å². The van der Waals surface area contributed by atoms with Gasteiger partial charge in [0.15, 0.2) is 11.5 Å². The number of rotatable bonds is 1. The van der Waals surface area contributed by atoms with Crippen molar-refractivity contribution >= 4 is 17.9 Å². The molecule has 1 atom stereocenters. The van der Waals surface area contributed by atoms with Gasteiger partial charge >= 0.3 is 0 Å². The van der Waals surface area contributed by atoms with Gasteiger partial charge in [0.1, 0.15) is 5.75 Å². The van der Waals surface area contributed by atoms with E-state index in [1.807, 2.05) is 53.4 Å². The second-order valence-electron chi connectivity index (χ2n) is 9.47. The summed E-state index contributed by atoms with van der Waals surface area (Å²) in [6.45, 7) is 4.46. The summed E-state index contributed by atoms with van der Waals surface area (Å²) < 4.78 is 11.7. The van der Waals surface area contributed by atoms with Crippen LogP contribution in [-0.4, -0.2) is 63.1 Å². The molecule has 8 heteroatoms. The average Bonchev–Trinajstić information content (AvgIpc) is 2.91. The topological polar surface area (TPSA) is 91.9 Å². The van der Waals surface area contributed by atoms with E-state index in [0.29, 0.717) is 49.7 Å². The number of nitrogens with zero attached hydrogens (tertiary/aromatic N) is 1. The van der Waals surface area contributed by atoms with Crippen LogP contribution in [-0.2, 0) is 9.59 Å². The normalized spacial score (nSPS) is 20.4. The molecule has 3 aliphatic heterocycles. The van der Waals surface area contributed by atoms with E-state index < -0.39 is 0 Å². The van der Waals surface area contributed by atoms with Crippen molar-refractivity contribution in [2.75, 3.05) is 46.4 Å². The number of amides is 2. The summed E-state index contributed by atoms with van der Waals surface area (Å²) in [6, 6.07) is 13.3. The molecule has 8 nitrogen and oxygen atoms in total. The van der Waals surface area contributed by atoms with Crippen LogP contribution in [0.25, 0.3) is 6.08 Å². The standard InChI is InChI=1S/C29H38N4O4/c1-36-26-12-6-22-7-13-29(35)33-18-3-2-14-30-15-4-16-31-25(21-28(34)32-17-5-19-33)23-8-10-24(11-9-23)37-27(26)20-22/h6-13,20,25,30-31H,2-5,14-19,21H2,1H3,(H,32,34)/t25-/m1/s1. The number of hydrogen-bond acceptors (Lipinski definition) is 6. The van der Waals surface area contributed by atoms with Crippen LogP contribution in [0.2, 0.25) is 0 Å². The molecular weight excluding hydrogens is 468 g/mol. The fourth-order valence-electron chi connectivity index (χ4n) is 4.61. The molecule has 0 spiro atoms. The molecule has 37 heavy (non-hydrogen) atoms. The van der Waals surface area contributed by atoms with Crippen LogP contribution in [0.3, 0.4) is 0 Å². The molecule has 0 unspecified atom stereocenters. The monoisotopic (exact) mass is 506 g/mol. The molecule has 198 valence electrons. The van der Waals surface area contributed by atoms with E-state index in [1.165, 1.54) is 0 Å². The second kappa shape index (κ2) is 13.8. The molecule has 2 amide bonds. The first-order valence-electron chi connectivity index (χ1n) is 13.3. The van der Waals surface area contributed by atoms with E-state index in [4.69, 9.17) is 9.47 Å². The van der Waals surface area contributed by atoms with Crippen LogP contribution >= 0.6 is 0 Å². The number of ether oxygens (including phenoxy) is 2. The summed E-state index contributed by atoms with van der Waals surface area (Å²) >= 11 is 0. The van der Waals surface area contributed by atoms with Gasteiger partial charge in [-0.05, 0) is 86.8 Å². The van der Waals surface area contributed by atoms with Gasteiger partial charge in [-0.3, -0.25) is 9.59 Å². The molecule has 3 aliphatic rings. The van der Waals surface area contributed by atoms with Crippen molar-refractivity contribution in [3.05, 3.63) is 59.7 Å². The van der Waals surface area contributed by atoms with Gasteiger partial charge in [-0.2, -0.15) is 0 Å². The van der Waals surface area contributed by atoms with Gasteiger partial charge in [0.05, 0.1) is 7.11 Å². The second-order valence-corrected chi connectivity index (χ2v) is 9.47. The van der Waals surface area contributed by atoms with Gasteiger partial charge in [-0.1, -0.05) is 18.2 Å². The fraction of sp³-hybridized carbons (Fsp3) is 0.448. The Balaban J connectivity index is 1.68. The lowest BCUT2D eigenvalue weighted by Crippen LogP contribution is -2.35. The highest BCUT2D eigenvalue weighted by molar-refractivity contribution is 5.91. The number of carbonyl (C=O) groups is 2. The molecule has 0 aromatic heterocycles. The number of methoxy groups -OCH3 is 1. The minimum absolute atomic E-state index is 0.00304. The van der Waals surface area contributed by atoms with Gasteiger partial charge in [-0.15, -0.1) is 0 Å². The van der Waals surface area contributed by atoms with Crippen molar-refractivity contribution in [2.45, 2.75) is 38.1 Å². The molecule has 2 aromatic rings. The van der Waals surface area contributed by atoms with Gasteiger partial charge in [0.25, 0.3) is 0 Å². The maximum atomic E-state index is 13.1. The van der Waals surface area contributed by atoms with Crippen LogP contribution in [0.15, 0.2) is 48.5 Å². The average molecular weight is 507 g/mol. The van der Waals surface area contributed by atoms with Crippen LogP contribution in [0.4, 0.5) is 0 Å². The third-order valence-electron chi connectivity index (χ3n) is 6.70. The Kier molecular flexibility index (Phi) is 9.97. The molecule has 2 aromatic carbocycles. The number of hydrogen-bond donors (Lipinski definition) is 3. The van der Waals surface area contributed by atoms with Gasteiger partial charge < -0.3 is 30.3 Å². The van der Waals surface area contributed by atoms with Crippen molar-refractivity contribution in [1.29, 1.82) is 0 Å². The highest BCUT2D eigenvalue weighted by Gasteiger charge is 2.17. The summed E-state index contributed by atoms with van der Waals surface area (Å²) in [5.41, 5.74) is 1.88. The van der Waals surface area contributed by atoms with E-state index in [2.05, 4.69) is 16.0 Å². The number of fused-ring (bicyclic) bond motifs is 3. The zero-order valence-electron chi connectivity index (χ0n) is 21.6. The molecule has 1 saturated heterocycles. The highest BCUT2D eigenvalue weighted by atomic mass is 16.5. The maximum Gasteiger partial charge on any atom is 0.246 e. The van der Waals surface area contributed by atoms with Crippen molar-refractivity contribution in [1.82, 2.24) is 20.9 Å². The molecule has 5 rings (SSSR count). The largest absolute Gasteiger partial charge is 0.493 e. The third kappa shape index (κ3) is 8.06. The molecule has 1 fully saturated rings. The van der Waals surface area contributed by atoms with Gasteiger partial charge in [0, 0.05) is 38.2 Å². The van der Waals surface area contributed by atoms with Crippen molar-refractivity contribution in [3.8, 4) is 17.2 Å². The molecular formula is C29H38N4O4. The number of nitrogens with one attached hydrogen (secondary N) is 3. The Morgan fingerprint density at radius 3 is 2.54 bits per heavy atom. The molecule has 3 heterocycles. The lowest BCUT2D eigenvalue weighted by molar-refractivity contribution is -0.126. The third-order valence-corrected chi connectivity index (χ3v) is 6.70. The molecule has 0 aliphatic carbocycles. The van der Waals surface area contributed by atoms with Crippen LogP contribution in [0.1, 0.15) is 49.3 Å². The Hall–Kier alpha value is -3.36. The van der Waals surface area contributed by atoms with E-state index in [-0.39, 0.29) is 17.9 Å². The first-order valence-corrected chi connectivity index (χ1v) is 13.3. The summed E-state index contributed by atoms with van der Waals surface area (Å²) in [4.78, 5) is 27.8. The van der Waals surface area contributed by atoms with E-state index in [1.54, 1.807) is 13.2 Å². The van der Waals surface area contributed by atoms with Crippen LogP contribution < -0.4 is 25.4 Å². The van der Waals surface area contributed by atoms with Crippen molar-refractivity contribution < 1.29 is 19.1 Å². The lowest BCUT2D eigenvalue weighted by Gasteiger charge is -2.22. The Labute approximate surface area is 219 Å². The smallest absolute Gasteiger partial charge is 0.246 e. The first kappa shape index (κ1) is 26.7. The van der Waals surface area contributed by atoms with E-state index in [9.17, 15) is 9.59 Å². The SMILES string of the molecule is COc1ccc2cc1Oc1ccc(cc1)[C@H]1CC(=O)NCCCN(CCCCNCCCN1)C(=O)C=C2. The number of benzene rings is 2. The number of carbonyl (C=O) groups excluding carboxylic acids is 2. The minimum atomic E-state index is -0.105. The molecule has 0 radical (unpaired) electrons. The predicted molar refractivity (Wildman–Crippen MR) is 145 cm³/mol. The first-order chi connectivity index (χ1) is 18.1. The Morgan fingerprint density at radius 2 is 1.70 bits per heavy atom. The Bertz CT molecular complexity index is 1070. The van der Waals surface area contributed by atoms with Crippen molar-refractivity contribution in [3.63, 3.8) is 0 Å². The summed E-state index contributed by atoms with van der Waals surface area (Å²) in [6.07, 6.45) is 7.37. The molecule has 6 bridgehead atoms. The molecule has 0 saturated carbocycles. The summed E-state index contributed by atoms with van der Waals surface area (Å²) in [7, 11) is 1.61. The molecule has 3 N–H and O–H groups in total. The fourth-order valence-corrected chi connectivity index (χ4v) is 4.61. The van der Waals surface area contributed by atoms with Crippen LogP contribution in [0.5, 0.6) is 17.2 Å². The summed E-state index contributed by atoms with van der Waals surface area (Å²) in [5.74, 6) is 1.81. The quantitative estimate of drug-likeness (QED) is 0.547. The zero-order chi connectivity index (χ0) is 25.9.